The maximum absolute atomic E-state index is 11.4. The third-order valence-electron chi connectivity index (χ3n) is 4.60. The summed E-state index contributed by atoms with van der Waals surface area (Å²) in [4.78, 5) is 22.5. The number of halogens is 3. The minimum absolute atomic E-state index is 0. The predicted octanol–water partition coefficient (Wildman–Crippen LogP) is 3.17. The second kappa shape index (κ2) is 12.7. The van der Waals surface area contributed by atoms with Crippen LogP contribution in [0.1, 0.15) is 19.4 Å². The molecule has 0 spiro atoms. The van der Waals surface area contributed by atoms with Crippen LogP contribution in [0.2, 0.25) is 10.0 Å². The third kappa shape index (κ3) is 7.93. The molecule has 0 unspecified atom stereocenters. The van der Waals surface area contributed by atoms with Gasteiger partial charge in [-0.2, -0.15) is 0 Å². The molecule has 1 heterocycles. The Morgan fingerprint density at radius 3 is 2.46 bits per heavy atom. The summed E-state index contributed by atoms with van der Waals surface area (Å²) in [5.41, 5.74) is 1.08. The van der Waals surface area contributed by atoms with Crippen LogP contribution in [0.4, 0.5) is 0 Å². The van der Waals surface area contributed by atoms with Crippen LogP contribution in [-0.4, -0.2) is 79.4 Å². The smallest absolute Gasteiger partial charge is 0.219 e. The largest absolute Gasteiger partial charge is 0.357 e. The molecule has 1 amide bonds. The summed E-state index contributed by atoms with van der Waals surface area (Å²) in [7, 11) is 2.01. The summed E-state index contributed by atoms with van der Waals surface area (Å²) in [5, 5.41) is 4.46. The molecule has 0 radical (unpaired) electrons. The minimum atomic E-state index is 0. The highest BCUT2D eigenvalue weighted by atomic mass is 127. The van der Waals surface area contributed by atoms with E-state index in [0.29, 0.717) is 23.1 Å². The van der Waals surface area contributed by atoms with E-state index < -0.39 is 0 Å². The molecule has 158 valence electrons. The molecule has 1 aliphatic heterocycles. The zero-order valence-electron chi connectivity index (χ0n) is 16.8. The maximum Gasteiger partial charge on any atom is 0.219 e. The Morgan fingerprint density at radius 1 is 1.21 bits per heavy atom. The van der Waals surface area contributed by atoms with Gasteiger partial charge in [0.25, 0.3) is 0 Å². The molecule has 9 heteroatoms. The SMILES string of the molecule is CCNC(=NCCN1CCN(C(C)=O)CC1)N(C)Cc1ccc(Cl)c(Cl)c1.I. The van der Waals surface area contributed by atoms with Crippen molar-refractivity contribution in [1.82, 2.24) is 20.0 Å². The highest BCUT2D eigenvalue weighted by molar-refractivity contribution is 14.0. The van der Waals surface area contributed by atoms with Gasteiger partial charge in [-0.25, -0.2) is 0 Å². The second-order valence-corrected chi connectivity index (χ2v) is 7.50. The maximum atomic E-state index is 11.4. The van der Waals surface area contributed by atoms with Crippen molar-refractivity contribution in [2.75, 3.05) is 52.9 Å². The van der Waals surface area contributed by atoms with Crippen molar-refractivity contribution >= 4 is 59.0 Å². The van der Waals surface area contributed by atoms with E-state index >= 15 is 0 Å². The highest BCUT2D eigenvalue weighted by Crippen LogP contribution is 2.23. The van der Waals surface area contributed by atoms with Crippen molar-refractivity contribution in [2.24, 2.45) is 4.99 Å². The summed E-state index contributed by atoms with van der Waals surface area (Å²) in [6.45, 7) is 10.2. The Bertz CT molecular complexity index is 666. The van der Waals surface area contributed by atoms with Crippen LogP contribution in [0, 0.1) is 0 Å². The first-order chi connectivity index (χ1) is 12.9. The lowest BCUT2D eigenvalue weighted by molar-refractivity contribution is -0.130. The Morgan fingerprint density at radius 2 is 1.89 bits per heavy atom. The van der Waals surface area contributed by atoms with E-state index in [-0.39, 0.29) is 29.9 Å². The monoisotopic (exact) mass is 541 g/mol. The van der Waals surface area contributed by atoms with E-state index in [4.69, 9.17) is 28.2 Å². The number of hydrogen-bond acceptors (Lipinski definition) is 3. The average molecular weight is 542 g/mol. The normalized spacial score (nSPS) is 15.2. The van der Waals surface area contributed by atoms with Crippen LogP contribution in [0.5, 0.6) is 0 Å². The predicted molar refractivity (Wildman–Crippen MR) is 128 cm³/mol. The lowest BCUT2D eigenvalue weighted by atomic mass is 10.2. The van der Waals surface area contributed by atoms with E-state index in [1.165, 1.54) is 0 Å². The third-order valence-corrected chi connectivity index (χ3v) is 5.33. The number of carbonyl (C=O) groups excluding carboxylic acids is 1. The van der Waals surface area contributed by atoms with Gasteiger partial charge >= 0.3 is 0 Å². The van der Waals surface area contributed by atoms with Gasteiger partial charge in [-0.05, 0) is 24.6 Å². The second-order valence-electron chi connectivity index (χ2n) is 6.69. The molecule has 0 atom stereocenters. The molecule has 1 N–H and O–H groups in total. The molecule has 0 aliphatic carbocycles. The fourth-order valence-electron chi connectivity index (χ4n) is 3.04. The number of hydrogen-bond donors (Lipinski definition) is 1. The summed E-state index contributed by atoms with van der Waals surface area (Å²) < 4.78 is 0. The van der Waals surface area contributed by atoms with Crippen molar-refractivity contribution in [1.29, 1.82) is 0 Å². The molecule has 1 aliphatic rings. The molecular weight excluding hydrogens is 512 g/mol. The van der Waals surface area contributed by atoms with Crippen molar-refractivity contribution in [3.8, 4) is 0 Å². The number of aliphatic imine (C=N–C) groups is 1. The number of benzene rings is 1. The van der Waals surface area contributed by atoms with Gasteiger partial charge in [-0.15, -0.1) is 24.0 Å². The van der Waals surface area contributed by atoms with Gasteiger partial charge in [-0.3, -0.25) is 14.7 Å². The van der Waals surface area contributed by atoms with Crippen molar-refractivity contribution in [3.05, 3.63) is 33.8 Å². The zero-order chi connectivity index (χ0) is 19.8. The molecule has 0 bridgehead atoms. The quantitative estimate of drug-likeness (QED) is 0.341. The molecule has 1 aromatic rings. The first kappa shape index (κ1) is 25.3. The number of rotatable bonds is 6. The molecule has 0 aromatic heterocycles. The molecule has 1 saturated heterocycles. The Kier molecular flexibility index (Phi) is 11.5. The van der Waals surface area contributed by atoms with Gasteiger partial charge in [0.15, 0.2) is 5.96 Å². The zero-order valence-corrected chi connectivity index (χ0v) is 20.6. The molecular formula is C19H30Cl2IN5O. The first-order valence-corrected chi connectivity index (χ1v) is 10.1. The highest BCUT2D eigenvalue weighted by Gasteiger charge is 2.18. The van der Waals surface area contributed by atoms with Crippen LogP contribution in [-0.2, 0) is 11.3 Å². The Labute approximate surface area is 195 Å². The average Bonchev–Trinajstić information content (AvgIpc) is 2.64. The van der Waals surface area contributed by atoms with Gasteiger partial charge in [-0.1, -0.05) is 29.3 Å². The molecule has 1 fully saturated rings. The number of carbonyl (C=O) groups is 1. The topological polar surface area (TPSA) is 51.2 Å². The molecule has 2 rings (SSSR count). The molecule has 1 aromatic carbocycles. The van der Waals surface area contributed by atoms with Crippen LogP contribution >= 0.6 is 47.2 Å². The lowest BCUT2D eigenvalue weighted by Gasteiger charge is -2.33. The number of piperazine rings is 1. The van der Waals surface area contributed by atoms with Crippen LogP contribution in [0.15, 0.2) is 23.2 Å². The van der Waals surface area contributed by atoms with Gasteiger partial charge in [0, 0.05) is 59.8 Å². The number of nitrogens with zero attached hydrogens (tertiary/aromatic N) is 4. The van der Waals surface area contributed by atoms with Gasteiger partial charge in [0.05, 0.1) is 16.6 Å². The van der Waals surface area contributed by atoms with E-state index in [2.05, 4.69) is 22.0 Å². The summed E-state index contributed by atoms with van der Waals surface area (Å²) >= 11 is 12.1. The Balaban J connectivity index is 0.00000392. The van der Waals surface area contributed by atoms with Crippen LogP contribution < -0.4 is 5.32 Å². The van der Waals surface area contributed by atoms with Gasteiger partial charge in [0.2, 0.25) is 5.91 Å². The van der Waals surface area contributed by atoms with Gasteiger partial charge < -0.3 is 15.1 Å². The van der Waals surface area contributed by atoms with E-state index in [9.17, 15) is 4.79 Å². The lowest BCUT2D eigenvalue weighted by Crippen LogP contribution is -2.48. The first-order valence-electron chi connectivity index (χ1n) is 9.32. The number of amides is 1. The van der Waals surface area contributed by atoms with Crippen LogP contribution in [0.3, 0.4) is 0 Å². The van der Waals surface area contributed by atoms with Crippen molar-refractivity contribution in [2.45, 2.75) is 20.4 Å². The minimum Gasteiger partial charge on any atom is -0.357 e. The van der Waals surface area contributed by atoms with E-state index in [0.717, 1.165) is 50.8 Å². The van der Waals surface area contributed by atoms with Crippen molar-refractivity contribution in [3.63, 3.8) is 0 Å². The number of guanidine groups is 1. The fourth-order valence-corrected chi connectivity index (χ4v) is 3.36. The van der Waals surface area contributed by atoms with Crippen molar-refractivity contribution < 1.29 is 4.79 Å². The standard InChI is InChI=1S/C19H29Cl2N5O.HI/c1-4-22-19(24(3)14-16-5-6-17(20)18(21)13-16)23-7-8-25-9-11-26(12-10-25)15(2)27;/h5-6,13H,4,7-12,14H2,1-3H3,(H,22,23);1H. The fraction of sp³-hybridized carbons (Fsp3) is 0.579. The van der Waals surface area contributed by atoms with E-state index in [1.54, 1.807) is 6.92 Å². The number of nitrogens with one attached hydrogen (secondary N) is 1. The van der Waals surface area contributed by atoms with E-state index in [1.807, 2.05) is 30.1 Å². The summed E-state index contributed by atoms with van der Waals surface area (Å²) in [5.74, 6) is 1.02. The van der Waals surface area contributed by atoms with Gasteiger partial charge in [0.1, 0.15) is 0 Å². The summed E-state index contributed by atoms with van der Waals surface area (Å²) in [6.07, 6.45) is 0. The molecule has 28 heavy (non-hydrogen) atoms. The Hall–Kier alpha value is -0.770. The molecule has 0 saturated carbocycles. The summed E-state index contributed by atoms with van der Waals surface area (Å²) in [6, 6.07) is 5.68. The molecule has 6 nitrogen and oxygen atoms in total. The van der Waals surface area contributed by atoms with Crippen LogP contribution in [0.25, 0.3) is 0 Å².